The topological polar surface area (TPSA) is 89.9 Å². The largest absolute Gasteiger partial charge is 0.496 e. The van der Waals surface area contributed by atoms with Crippen LogP contribution < -0.4 is 10.1 Å². The zero-order chi connectivity index (χ0) is 31.7. The van der Waals surface area contributed by atoms with Gasteiger partial charge in [0.2, 0.25) is 0 Å². The van der Waals surface area contributed by atoms with Crippen LogP contribution in [-0.4, -0.2) is 35.0 Å². The second-order valence-electron chi connectivity index (χ2n) is 11.1. The highest BCUT2D eigenvalue weighted by Gasteiger charge is 2.32. The number of para-hydroxylation sites is 1. The Balaban J connectivity index is 1.16. The van der Waals surface area contributed by atoms with Crippen molar-refractivity contribution in [2.75, 3.05) is 12.9 Å². The monoisotopic (exact) mass is 632 g/mol. The van der Waals surface area contributed by atoms with Crippen molar-refractivity contribution < 1.29 is 24.1 Å². The average molecular weight is 633 g/mol. The molecule has 1 aromatic heterocycles. The van der Waals surface area contributed by atoms with Crippen LogP contribution in [0.15, 0.2) is 126 Å². The molecule has 1 saturated heterocycles. The summed E-state index contributed by atoms with van der Waals surface area (Å²) in [6.45, 7) is 0.420. The van der Waals surface area contributed by atoms with Gasteiger partial charge in [0.1, 0.15) is 5.75 Å². The Kier molecular flexibility index (Phi) is 10.4. The van der Waals surface area contributed by atoms with Crippen LogP contribution in [0.25, 0.3) is 11.1 Å². The molecule has 6 rings (SSSR count). The molecule has 1 aliphatic heterocycles. The third-order valence-electron chi connectivity index (χ3n) is 7.93. The number of aliphatic hydroxyl groups is 1. The van der Waals surface area contributed by atoms with Gasteiger partial charge in [-0.05, 0) is 58.1 Å². The highest BCUT2D eigenvalue weighted by Crippen LogP contribution is 2.40. The van der Waals surface area contributed by atoms with E-state index >= 15 is 0 Å². The molecule has 7 nitrogen and oxygen atoms in total. The number of nitrogens with one attached hydrogen (secondary N) is 1. The summed E-state index contributed by atoms with van der Waals surface area (Å²) in [6.07, 6.45) is 3.16. The number of carbonyl (C=O) groups excluding carboxylic acids is 1. The minimum Gasteiger partial charge on any atom is -0.496 e. The van der Waals surface area contributed by atoms with E-state index < -0.39 is 6.29 Å². The number of pyridine rings is 1. The molecule has 1 amide bonds. The van der Waals surface area contributed by atoms with Gasteiger partial charge in [0.05, 0.1) is 31.5 Å². The summed E-state index contributed by atoms with van der Waals surface area (Å²) < 4.78 is 18.7. The van der Waals surface area contributed by atoms with Crippen LogP contribution in [0.1, 0.15) is 51.4 Å². The lowest BCUT2D eigenvalue weighted by molar-refractivity contribution is -0.245. The fourth-order valence-electron chi connectivity index (χ4n) is 5.42. The van der Waals surface area contributed by atoms with Crippen LogP contribution >= 0.6 is 11.8 Å². The van der Waals surface area contributed by atoms with Crippen molar-refractivity contribution in [1.82, 2.24) is 10.3 Å². The van der Waals surface area contributed by atoms with E-state index in [2.05, 4.69) is 52.8 Å². The van der Waals surface area contributed by atoms with E-state index in [1.54, 1.807) is 43.4 Å². The Morgan fingerprint density at radius 1 is 0.891 bits per heavy atom. The van der Waals surface area contributed by atoms with Crippen LogP contribution in [-0.2, 0) is 22.6 Å². The molecule has 3 atom stereocenters. The first-order valence-electron chi connectivity index (χ1n) is 15.2. The fraction of sp³-hybridized carbons (Fsp3) is 0.211. The van der Waals surface area contributed by atoms with Gasteiger partial charge in [-0.25, -0.2) is 0 Å². The summed E-state index contributed by atoms with van der Waals surface area (Å²) in [6, 6.07) is 35.9. The number of thioether (sulfide) groups is 1. The standard InChI is InChI=1S/C38H36N2O5S/c1-43-34-9-2-3-10-36(34)46-25-33-21-35(29-13-11-26(24-41)12-14-29)45-38(44-33)30-17-15-28(16-18-30)31-7-4-6-27(20-31)22-40-37(42)32-8-5-19-39-23-32/h2-20,23,33,35,38,41H,21-22,24-25H2,1H3,(H,40,42). The Labute approximate surface area is 273 Å². The van der Waals surface area contributed by atoms with Gasteiger partial charge >= 0.3 is 0 Å². The van der Waals surface area contributed by atoms with E-state index in [1.807, 2.05) is 54.6 Å². The molecule has 234 valence electrons. The van der Waals surface area contributed by atoms with Crippen LogP contribution in [0.4, 0.5) is 0 Å². The van der Waals surface area contributed by atoms with Gasteiger partial charge in [0, 0.05) is 41.6 Å². The summed E-state index contributed by atoms with van der Waals surface area (Å²) in [7, 11) is 1.69. The maximum Gasteiger partial charge on any atom is 0.253 e. The molecule has 46 heavy (non-hydrogen) atoms. The SMILES string of the molecule is COc1ccccc1SCC1CC(c2ccc(CO)cc2)OC(c2ccc(-c3cccc(CNC(=O)c4cccnc4)c3)cc2)O1. The summed E-state index contributed by atoms with van der Waals surface area (Å²) >= 11 is 1.72. The second kappa shape index (κ2) is 15.2. The van der Waals surface area contributed by atoms with Crippen LogP contribution in [0.3, 0.4) is 0 Å². The lowest BCUT2D eigenvalue weighted by Gasteiger charge is -2.36. The zero-order valence-corrected chi connectivity index (χ0v) is 26.4. The molecule has 2 N–H and O–H groups in total. The number of benzene rings is 4. The number of nitrogens with zero attached hydrogens (tertiary/aromatic N) is 1. The fourth-order valence-corrected chi connectivity index (χ4v) is 6.47. The van der Waals surface area contributed by atoms with Crippen LogP contribution in [0.5, 0.6) is 5.75 Å². The number of carbonyl (C=O) groups is 1. The first-order chi connectivity index (χ1) is 22.6. The second-order valence-corrected chi connectivity index (χ2v) is 12.1. The molecule has 3 unspecified atom stereocenters. The van der Waals surface area contributed by atoms with Gasteiger partial charge in [-0.3, -0.25) is 9.78 Å². The Morgan fingerprint density at radius 3 is 2.46 bits per heavy atom. The van der Waals surface area contributed by atoms with Gasteiger partial charge in [0.25, 0.3) is 5.91 Å². The van der Waals surface area contributed by atoms with E-state index in [-0.39, 0.29) is 24.7 Å². The quantitative estimate of drug-likeness (QED) is 0.146. The van der Waals surface area contributed by atoms with E-state index in [4.69, 9.17) is 14.2 Å². The molecule has 2 heterocycles. The smallest absolute Gasteiger partial charge is 0.253 e. The van der Waals surface area contributed by atoms with E-state index in [9.17, 15) is 9.90 Å². The third kappa shape index (κ3) is 7.84. The summed E-state index contributed by atoms with van der Waals surface area (Å²) in [5.41, 5.74) is 6.51. The van der Waals surface area contributed by atoms with Crippen molar-refractivity contribution in [1.29, 1.82) is 0 Å². The molecule has 1 aliphatic rings. The summed E-state index contributed by atoms with van der Waals surface area (Å²) in [5.74, 6) is 1.44. The maximum absolute atomic E-state index is 12.5. The molecule has 0 bridgehead atoms. The molecule has 0 aliphatic carbocycles. The predicted octanol–water partition coefficient (Wildman–Crippen LogP) is 7.52. The molecule has 1 fully saturated rings. The first-order valence-corrected chi connectivity index (χ1v) is 16.2. The lowest BCUT2D eigenvalue weighted by Crippen LogP contribution is -2.31. The number of hydrogen-bond acceptors (Lipinski definition) is 7. The number of amides is 1. The van der Waals surface area contributed by atoms with E-state index in [0.29, 0.717) is 18.5 Å². The minimum absolute atomic E-state index is 0.00497. The molecule has 8 heteroatoms. The van der Waals surface area contributed by atoms with Gasteiger partial charge in [-0.2, -0.15) is 0 Å². The number of aliphatic hydroxyl groups excluding tert-OH is 1. The number of ether oxygens (including phenoxy) is 3. The van der Waals surface area contributed by atoms with E-state index in [1.165, 1.54) is 0 Å². The van der Waals surface area contributed by atoms with Gasteiger partial charge in [0.15, 0.2) is 6.29 Å². The van der Waals surface area contributed by atoms with Crippen LogP contribution in [0.2, 0.25) is 0 Å². The highest BCUT2D eigenvalue weighted by atomic mass is 32.2. The van der Waals surface area contributed by atoms with Crippen molar-refractivity contribution in [3.05, 3.63) is 149 Å². The highest BCUT2D eigenvalue weighted by molar-refractivity contribution is 7.99. The number of methoxy groups -OCH3 is 1. The first kappa shape index (κ1) is 31.5. The molecule has 0 radical (unpaired) electrons. The summed E-state index contributed by atoms with van der Waals surface area (Å²) in [5, 5.41) is 12.5. The third-order valence-corrected chi connectivity index (χ3v) is 9.12. The predicted molar refractivity (Wildman–Crippen MR) is 179 cm³/mol. The Hall–Kier alpha value is -4.47. The molecule has 5 aromatic rings. The summed E-state index contributed by atoms with van der Waals surface area (Å²) in [4.78, 5) is 17.6. The van der Waals surface area contributed by atoms with Gasteiger partial charge < -0.3 is 24.6 Å². The van der Waals surface area contributed by atoms with Crippen molar-refractivity contribution in [2.45, 2.75) is 43.0 Å². The number of hydrogen-bond donors (Lipinski definition) is 2. The van der Waals surface area contributed by atoms with Crippen molar-refractivity contribution in [2.24, 2.45) is 0 Å². The van der Waals surface area contributed by atoms with E-state index in [0.717, 1.165) is 49.8 Å². The Morgan fingerprint density at radius 2 is 1.70 bits per heavy atom. The van der Waals surface area contributed by atoms with Gasteiger partial charge in [-0.1, -0.05) is 78.9 Å². The number of aromatic nitrogens is 1. The van der Waals surface area contributed by atoms with Crippen LogP contribution in [0, 0.1) is 0 Å². The molecule has 0 saturated carbocycles. The normalized spacial score (nSPS) is 17.7. The molecular formula is C38H36N2O5S. The maximum atomic E-state index is 12.5. The lowest BCUT2D eigenvalue weighted by atomic mass is 9.99. The minimum atomic E-state index is -0.539. The molecule has 0 spiro atoms. The van der Waals surface area contributed by atoms with Crippen molar-refractivity contribution >= 4 is 17.7 Å². The van der Waals surface area contributed by atoms with Gasteiger partial charge in [-0.15, -0.1) is 11.8 Å². The molecular weight excluding hydrogens is 596 g/mol. The molecule has 4 aromatic carbocycles. The Bertz CT molecular complexity index is 1730. The van der Waals surface area contributed by atoms with Crippen molar-refractivity contribution in [3.8, 4) is 16.9 Å². The average Bonchev–Trinajstić information content (AvgIpc) is 3.13. The van der Waals surface area contributed by atoms with Crippen molar-refractivity contribution in [3.63, 3.8) is 0 Å². The zero-order valence-electron chi connectivity index (χ0n) is 25.5. The number of rotatable bonds is 11.